The summed E-state index contributed by atoms with van der Waals surface area (Å²) in [5, 5.41) is 0. The van der Waals surface area contributed by atoms with Gasteiger partial charge in [-0.1, -0.05) is 47.7 Å². The molecule has 142 valence electrons. The quantitative estimate of drug-likeness (QED) is 0.402. The minimum atomic E-state index is -2.60. The Bertz CT molecular complexity index is 555. The molecule has 0 heterocycles. The number of hydrogen-bond acceptors (Lipinski definition) is 3. The second kappa shape index (κ2) is 10.2. The first kappa shape index (κ1) is 22.0. The lowest BCUT2D eigenvalue weighted by Crippen LogP contribution is -2.42. The van der Waals surface area contributed by atoms with Crippen molar-refractivity contribution in [2.24, 2.45) is 0 Å². The number of carbonyl (C=O) groups excluding carboxylic acids is 1. The Morgan fingerprint density at radius 1 is 1.32 bits per heavy atom. The van der Waals surface area contributed by atoms with Crippen molar-refractivity contribution < 1.29 is 23.0 Å². The van der Waals surface area contributed by atoms with Crippen LogP contribution in [-0.2, 0) is 15.9 Å². The molecule has 1 aromatic rings. The van der Waals surface area contributed by atoms with E-state index in [9.17, 15) is 13.6 Å². The third-order valence-electron chi connectivity index (χ3n) is 3.51. The molecule has 0 bridgehead atoms. The van der Waals surface area contributed by atoms with E-state index in [-0.39, 0.29) is 0 Å². The number of halogens is 3. The minimum absolute atomic E-state index is 0.297. The Hall–Kier alpha value is -0.993. The van der Waals surface area contributed by atoms with Crippen LogP contribution in [0.4, 0.5) is 13.6 Å². The monoisotopic (exact) mass is 437 g/mol. The van der Waals surface area contributed by atoms with Gasteiger partial charge in [0.25, 0.3) is 6.43 Å². The zero-order valence-corrected chi connectivity index (χ0v) is 17.7. The molecule has 0 aliphatic heterocycles. The highest BCUT2D eigenvalue weighted by atomic mass is 79.9. The van der Waals surface area contributed by atoms with Crippen molar-refractivity contribution in [3.8, 4) is 0 Å². The fourth-order valence-corrected chi connectivity index (χ4v) is 3.18. The van der Waals surface area contributed by atoms with Gasteiger partial charge in [-0.3, -0.25) is 4.90 Å². The topological polar surface area (TPSA) is 38.8 Å². The summed E-state index contributed by atoms with van der Waals surface area (Å²) in [5.74, 6) is 0. The third-order valence-corrected chi connectivity index (χ3v) is 5.71. The van der Waals surface area contributed by atoms with Crippen LogP contribution in [0.3, 0.4) is 0 Å². The first-order valence-corrected chi connectivity index (χ1v) is 12.6. The molecular weight excluding hydrogens is 412 g/mol. The van der Waals surface area contributed by atoms with Crippen molar-refractivity contribution in [1.29, 1.82) is 0 Å². The molecule has 1 aromatic carbocycles. The van der Waals surface area contributed by atoms with Crippen molar-refractivity contribution in [2.75, 3.05) is 20.3 Å². The molecule has 0 spiro atoms. The summed E-state index contributed by atoms with van der Waals surface area (Å²) in [4.78, 5) is 13.5. The second-order valence-corrected chi connectivity index (χ2v) is 13.6. The maximum Gasteiger partial charge on any atom is 0.411 e. The van der Waals surface area contributed by atoms with Crippen LogP contribution in [0.25, 0.3) is 0 Å². The van der Waals surface area contributed by atoms with Crippen molar-refractivity contribution in [3.05, 3.63) is 34.3 Å². The molecule has 25 heavy (non-hydrogen) atoms. The van der Waals surface area contributed by atoms with Crippen LogP contribution in [0.1, 0.15) is 5.56 Å². The molecule has 0 N–H and O–H groups in total. The van der Waals surface area contributed by atoms with Gasteiger partial charge in [0.15, 0.2) is 0 Å². The van der Waals surface area contributed by atoms with E-state index in [2.05, 4.69) is 35.6 Å². The van der Waals surface area contributed by atoms with Crippen LogP contribution in [0.15, 0.2) is 28.7 Å². The zero-order valence-electron chi connectivity index (χ0n) is 15.1. The highest BCUT2D eigenvalue weighted by Crippen LogP contribution is 2.17. The number of ether oxygens (including phenoxy) is 2. The fourth-order valence-electron chi connectivity index (χ4n) is 2.02. The number of alkyl halides is 2. The molecule has 0 aromatic heterocycles. The summed E-state index contributed by atoms with van der Waals surface area (Å²) in [6, 6.07) is 8.28. The normalized spacial score (nSPS) is 13.0. The maximum absolute atomic E-state index is 12.5. The average Bonchev–Trinajstić information content (AvgIpc) is 2.49. The fraction of sp³-hybridized carbons (Fsp3) is 0.588. The predicted octanol–water partition coefficient (Wildman–Crippen LogP) is 5.01. The lowest BCUT2D eigenvalue weighted by molar-refractivity contribution is -0.0798. The molecular formula is C17H26BrF2NO3Si. The summed E-state index contributed by atoms with van der Waals surface area (Å²) >= 11 is 3.37. The van der Waals surface area contributed by atoms with E-state index in [1.807, 2.05) is 24.3 Å². The zero-order chi connectivity index (χ0) is 19.0. The average molecular weight is 438 g/mol. The number of likely N-dealkylation sites (N-methyl/N-ethyl adjacent to an activating group) is 1. The van der Waals surface area contributed by atoms with Crippen LogP contribution < -0.4 is 0 Å². The van der Waals surface area contributed by atoms with E-state index >= 15 is 0 Å². The summed E-state index contributed by atoms with van der Waals surface area (Å²) in [6.07, 6.45) is -3.68. The van der Waals surface area contributed by atoms with E-state index in [4.69, 9.17) is 9.47 Å². The van der Waals surface area contributed by atoms with Crippen molar-refractivity contribution in [2.45, 2.75) is 44.8 Å². The van der Waals surface area contributed by atoms with Gasteiger partial charge in [-0.15, -0.1) is 0 Å². The van der Waals surface area contributed by atoms with Crippen LogP contribution >= 0.6 is 15.9 Å². The van der Waals surface area contributed by atoms with E-state index in [1.165, 1.54) is 11.9 Å². The van der Waals surface area contributed by atoms with Gasteiger partial charge in [-0.2, -0.15) is 0 Å². The molecule has 0 radical (unpaired) electrons. The van der Waals surface area contributed by atoms with E-state index in [0.717, 1.165) is 16.1 Å². The van der Waals surface area contributed by atoms with Crippen molar-refractivity contribution in [1.82, 2.24) is 4.90 Å². The van der Waals surface area contributed by atoms with Gasteiger partial charge < -0.3 is 9.47 Å². The van der Waals surface area contributed by atoms with Gasteiger partial charge in [0.2, 0.25) is 0 Å². The smallest absolute Gasteiger partial charge is 0.411 e. The third kappa shape index (κ3) is 9.32. The molecule has 0 saturated carbocycles. The summed E-state index contributed by atoms with van der Waals surface area (Å²) < 4.78 is 36.5. The molecule has 1 unspecified atom stereocenters. The van der Waals surface area contributed by atoms with Crippen LogP contribution in [0.2, 0.25) is 25.7 Å². The van der Waals surface area contributed by atoms with Gasteiger partial charge in [0, 0.05) is 26.0 Å². The lowest BCUT2D eigenvalue weighted by Gasteiger charge is -2.28. The molecule has 0 fully saturated rings. The minimum Gasteiger partial charge on any atom is -0.450 e. The number of amides is 1. The highest BCUT2D eigenvalue weighted by molar-refractivity contribution is 9.10. The molecule has 1 atom stereocenters. The Balaban J connectivity index is 2.71. The Labute approximate surface area is 157 Å². The number of carbonyl (C=O) groups is 1. The van der Waals surface area contributed by atoms with Gasteiger partial charge in [-0.05, 0) is 23.7 Å². The van der Waals surface area contributed by atoms with Gasteiger partial charge in [0.1, 0.15) is 12.8 Å². The van der Waals surface area contributed by atoms with Crippen molar-refractivity contribution in [3.63, 3.8) is 0 Å². The number of nitrogens with zero attached hydrogens (tertiary/aromatic N) is 1. The van der Waals surface area contributed by atoms with Crippen LogP contribution in [0.5, 0.6) is 0 Å². The number of rotatable bonds is 9. The SMILES string of the molecule is CN(C(=O)OCC[Si](C)(C)C)C(Cc1cccc(Br)c1)OCC(F)F. The Morgan fingerprint density at radius 2 is 2.00 bits per heavy atom. The predicted molar refractivity (Wildman–Crippen MR) is 101 cm³/mol. The standard InChI is InChI=1S/C17H26BrF2NO3Si/c1-21(17(22)23-8-9-25(2,3)4)16(24-12-15(19)20)11-13-6-5-7-14(18)10-13/h5-7,10,15-16H,8-9,11-12H2,1-4H3. The molecule has 4 nitrogen and oxygen atoms in total. The molecule has 0 aliphatic rings. The Kier molecular flexibility index (Phi) is 9.02. The molecule has 8 heteroatoms. The first-order valence-electron chi connectivity index (χ1n) is 8.12. The Morgan fingerprint density at radius 3 is 2.56 bits per heavy atom. The molecule has 1 amide bonds. The lowest BCUT2D eigenvalue weighted by atomic mass is 10.1. The van der Waals surface area contributed by atoms with E-state index in [1.54, 1.807) is 0 Å². The van der Waals surface area contributed by atoms with Crippen LogP contribution in [-0.4, -0.2) is 52.0 Å². The summed E-state index contributed by atoms with van der Waals surface area (Å²) in [6.45, 7) is 6.16. The second-order valence-electron chi connectivity index (χ2n) is 7.05. The maximum atomic E-state index is 12.5. The molecule has 1 rings (SSSR count). The number of hydrogen-bond donors (Lipinski definition) is 0. The first-order chi connectivity index (χ1) is 11.6. The van der Waals surface area contributed by atoms with E-state index < -0.39 is 33.4 Å². The summed E-state index contributed by atoms with van der Waals surface area (Å²) in [7, 11) is 0.190. The van der Waals surface area contributed by atoms with Gasteiger partial charge in [0.05, 0.1) is 6.61 Å². The largest absolute Gasteiger partial charge is 0.450 e. The number of benzene rings is 1. The van der Waals surface area contributed by atoms with Crippen LogP contribution in [0, 0.1) is 0 Å². The van der Waals surface area contributed by atoms with E-state index in [0.29, 0.717) is 13.0 Å². The van der Waals surface area contributed by atoms with Gasteiger partial charge in [-0.25, -0.2) is 13.6 Å². The summed E-state index contributed by atoms with van der Waals surface area (Å²) in [5.41, 5.74) is 0.871. The van der Waals surface area contributed by atoms with Crippen molar-refractivity contribution >= 4 is 30.1 Å². The molecule has 0 saturated heterocycles. The van der Waals surface area contributed by atoms with Gasteiger partial charge >= 0.3 is 6.09 Å². The highest BCUT2D eigenvalue weighted by Gasteiger charge is 2.24. The molecule has 0 aliphatic carbocycles.